The van der Waals surface area contributed by atoms with Crippen LogP contribution in [0, 0.1) is 17.8 Å². The summed E-state index contributed by atoms with van der Waals surface area (Å²) in [5.41, 5.74) is 7.60. The molecule has 40 heavy (non-hydrogen) atoms. The summed E-state index contributed by atoms with van der Waals surface area (Å²) >= 11 is 0. The summed E-state index contributed by atoms with van der Waals surface area (Å²) in [4.78, 5) is 40.2. The van der Waals surface area contributed by atoms with Gasteiger partial charge in [-0.1, -0.05) is 36.4 Å². The minimum Gasteiger partial charge on any atom is -0.511 e. The van der Waals surface area contributed by atoms with Gasteiger partial charge in [0.15, 0.2) is 11.6 Å². The van der Waals surface area contributed by atoms with E-state index in [4.69, 9.17) is 5.73 Å². The number of hydrogen-bond donors (Lipinski definition) is 5. The quantitative estimate of drug-likeness (QED) is 0.284. The molecule has 1 aliphatic heterocycles. The Labute approximate surface area is 232 Å². The summed E-state index contributed by atoms with van der Waals surface area (Å²) in [5, 5.41) is 36.7. The molecular formula is C31H33N3O6. The highest BCUT2D eigenvalue weighted by molar-refractivity contribution is 6.21. The van der Waals surface area contributed by atoms with Crippen LogP contribution >= 0.6 is 0 Å². The van der Waals surface area contributed by atoms with Crippen molar-refractivity contribution < 1.29 is 29.7 Å². The number of aliphatic hydroxyl groups is 2. The fourth-order valence-corrected chi connectivity index (χ4v) is 7.03. The Balaban J connectivity index is 1.22. The number of phenols is 1. The lowest BCUT2D eigenvalue weighted by Crippen LogP contribution is -2.44. The molecule has 3 atom stereocenters. The molecule has 1 amide bonds. The maximum Gasteiger partial charge on any atom is 0.255 e. The summed E-state index contributed by atoms with van der Waals surface area (Å²) in [7, 11) is 0. The Morgan fingerprint density at radius 1 is 1.00 bits per heavy atom. The topological polar surface area (TPSA) is 153 Å². The van der Waals surface area contributed by atoms with E-state index in [-0.39, 0.29) is 41.0 Å². The van der Waals surface area contributed by atoms with Crippen LogP contribution in [0.25, 0.3) is 5.76 Å². The monoisotopic (exact) mass is 543 g/mol. The number of nitrogens with one attached hydrogen (secondary N) is 1. The van der Waals surface area contributed by atoms with Crippen molar-refractivity contribution in [2.45, 2.75) is 44.7 Å². The van der Waals surface area contributed by atoms with E-state index >= 15 is 0 Å². The number of aromatic hydroxyl groups is 1. The van der Waals surface area contributed by atoms with Crippen molar-refractivity contribution in [1.82, 2.24) is 4.90 Å². The van der Waals surface area contributed by atoms with E-state index < -0.39 is 40.6 Å². The lowest BCUT2D eigenvalue weighted by atomic mass is 9.61. The Bertz CT molecular complexity index is 1450. The van der Waals surface area contributed by atoms with E-state index in [1.807, 2.05) is 30.3 Å². The molecule has 208 valence electrons. The average Bonchev–Trinajstić information content (AvgIpc) is 2.91. The molecule has 0 bridgehead atoms. The molecule has 6 N–H and O–H groups in total. The van der Waals surface area contributed by atoms with Gasteiger partial charge in [-0.25, -0.2) is 0 Å². The third-order valence-electron chi connectivity index (χ3n) is 8.96. The van der Waals surface area contributed by atoms with Crippen molar-refractivity contribution in [2.24, 2.45) is 23.5 Å². The van der Waals surface area contributed by atoms with Crippen LogP contribution in [0.15, 0.2) is 59.4 Å². The molecule has 0 radical (unpaired) electrons. The predicted molar refractivity (Wildman–Crippen MR) is 148 cm³/mol. The predicted octanol–water partition coefficient (Wildman–Crippen LogP) is 3.39. The van der Waals surface area contributed by atoms with E-state index in [0.29, 0.717) is 18.5 Å². The fourth-order valence-electron chi connectivity index (χ4n) is 7.03. The lowest BCUT2D eigenvalue weighted by molar-refractivity contribution is -0.127. The van der Waals surface area contributed by atoms with Gasteiger partial charge in [0.25, 0.3) is 5.91 Å². The highest BCUT2D eigenvalue weighted by atomic mass is 16.3. The number of Topliss-reactive ketones (excluding diaryl/α,β-unsaturated/α-hetero) is 2. The molecule has 6 rings (SSSR count). The number of rotatable bonds is 5. The normalized spacial score (nSPS) is 25.4. The zero-order chi connectivity index (χ0) is 28.1. The number of amides is 1. The molecule has 2 fully saturated rings. The second-order valence-corrected chi connectivity index (χ2v) is 11.4. The lowest BCUT2D eigenvalue weighted by Gasteiger charge is -2.41. The SMILES string of the molecule is NC(=O)C1=C(O)C2C(=O)C3=C(O)c4c(ccc(NC5CCN(Cc6ccccc6)CC5)c4O)CC3CC2CC1=O. The maximum atomic E-state index is 13.6. The van der Waals surface area contributed by atoms with Gasteiger partial charge in [0.05, 0.1) is 17.2 Å². The minimum atomic E-state index is -1.11. The summed E-state index contributed by atoms with van der Waals surface area (Å²) < 4.78 is 0. The zero-order valence-corrected chi connectivity index (χ0v) is 22.1. The number of nitrogens with two attached hydrogens (primary N) is 1. The van der Waals surface area contributed by atoms with Crippen LogP contribution in [-0.2, 0) is 27.3 Å². The molecule has 2 aromatic carbocycles. The van der Waals surface area contributed by atoms with Crippen LogP contribution in [0.4, 0.5) is 5.69 Å². The van der Waals surface area contributed by atoms with E-state index in [2.05, 4.69) is 22.3 Å². The van der Waals surface area contributed by atoms with Gasteiger partial charge in [-0.05, 0) is 54.7 Å². The number of ketones is 2. The molecule has 1 heterocycles. The highest BCUT2D eigenvalue weighted by Gasteiger charge is 2.50. The van der Waals surface area contributed by atoms with Crippen LogP contribution < -0.4 is 11.1 Å². The summed E-state index contributed by atoms with van der Waals surface area (Å²) in [6.07, 6.45) is 2.53. The van der Waals surface area contributed by atoms with E-state index in [1.165, 1.54) is 5.56 Å². The van der Waals surface area contributed by atoms with Crippen molar-refractivity contribution in [3.8, 4) is 5.75 Å². The summed E-state index contributed by atoms with van der Waals surface area (Å²) in [5.74, 6) is -5.14. The summed E-state index contributed by atoms with van der Waals surface area (Å²) in [6, 6.07) is 14.2. The number of nitrogens with zero attached hydrogens (tertiary/aromatic N) is 1. The number of aliphatic hydroxyl groups excluding tert-OH is 2. The number of carbonyl (C=O) groups is 3. The van der Waals surface area contributed by atoms with Crippen molar-refractivity contribution in [1.29, 1.82) is 0 Å². The molecule has 4 aliphatic rings. The number of phenolic OH excluding ortho intramolecular Hbond substituents is 1. The molecule has 0 aromatic heterocycles. The molecule has 1 saturated carbocycles. The summed E-state index contributed by atoms with van der Waals surface area (Å²) in [6.45, 7) is 2.73. The van der Waals surface area contributed by atoms with Gasteiger partial charge < -0.3 is 26.4 Å². The number of fused-ring (bicyclic) bond motifs is 3. The molecule has 3 aliphatic carbocycles. The highest BCUT2D eigenvalue weighted by Crippen LogP contribution is 2.51. The van der Waals surface area contributed by atoms with Gasteiger partial charge in [0.2, 0.25) is 0 Å². The van der Waals surface area contributed by atoms with Crippen LogP contribution in [0.2, 0.25) is 0 Å². The maximum absolute atomic E-state index is 13.6. The van der Waals surface area contributed by atoms with E-state index in [1.54, 1.807) is 0 Å². The van der Waals surface area contributed by atoms with Crippen LogP contribution in [0.3, 0.4) is 0 Å². The van der Waals surface area contributed by atoms with Gasteiger partial charge in [-0.15, -0.1) is 0 Å². The van der Waals surface area contributed by atoms with Crippen LogP contribution in [0.5, 0.6) is 5.75 Å². The van der Waals surface area contributed by atoms with Crippen LogP contribution in [-0.4, -0.2) is 56.8 Å². The number of piperidine rings is 1. The van der Waals surface area contributed by atoms with Crippen molar-refractivity contribution >= 4 is 28.9 Å². The standard InChI is InChI=1S/C31H33N3O6/c32-31(40)26-22(35)14-19-13-18-12-17-6-7-21(27(36)23(17)28(37)24(18)29(38)25(19)30(26)39)33-20-8-10-34(11-9-20)15-16-4-2-1-3-5-16/h1-7,18-20,25,33,36-37,39H,8-15H2,(H2,32,40). The van der Waals surface area contributed by atoms with Crippen molar-refractivity contribution in [3.63, 3.8) is 0 Å². The smallest absolute Gasteiger partial charge is 0.255 e. The minimum absolute atomic E-state index is 0.0611. The Hall–Kier alpha value is -4.11. The number of allylic oxidation sites excluding steroid dienone is 2. The number of carbonyl (C=O) groups excluding carboxylic acids is 3. The Kier molecular flexibility index (Phi) is 6.62. The van der Waals surface area contributed by atoms with Gasteiger partial charge >= 0.3 is 0 Å². The molecular weight excluding hydrogens is 510 g/mol. The number of likely N-dealkylation sites (tertiary alicyclic amines) is 1. The number of hydrogen-bond acceptors (Lipinski definition) is 8. The van der Waals surface area contributed by atoms with Gasteiger partial charge in [0, 0.05) is 37.7 Å². The Morgan fingerprint density at radius 3 is 2.42 bits per heavy atom. The first-order valence-corrected chi connectivity index (χ1v) is 13.8. The number of anilines is 1. The number of benzene rings is 2. The molecule has 9 nitrogen and oxygen atoms in total. The van der Waals surface area contributed by atoms with Gasteiger partial charge in [0.1, 0.15) is 22.8 Å². The zero-order valence-electron chi connectivity index (χ0n) is 22.1. The van der Waals surface area contributed by atoms with E-state index in [9.17, 15) is 29.7 Å². The second kappa shape index (κ2) is 10.1. The number of primary amides is 1. The molecule has 9 heteroatoms. The van der Waals surface area contributed by atoms with Crippen LogP contribution in [0.1, 0.15) is 42.4 Å². The molecule has 1 saturated heterocycles. The first kappa shape index (κ1) is 26.1. The first-order valence-electron chi connectivity index (χ1n) is 13.8. The van der Waals surface area contributed by atoms with Crippen molar-refractivity contribution in [2.75, 3.05) is 18.4 Å². The van der Waals surface area contributed by atoms with Gasteiger partial charge in [-0.2, -0.15) is 0 Å². The third kappa shape index (κ3) is 4.44. The fraction of sp³-hybridized carbons (Fsp3) is 0.387. The second-order valence-electron chi connectivity index (χ2n) is 11.4. The average molecular weight is 544 g/mol. The molecule has 3 unspecified atom stereocenters. The van der Waals surface area contributed by atoms with E-state index in [0.717, 1.165) is 38.0 Å². The molecule has 2 aromatic rings. The molecule has 0 spiro atoms. The Morgan fingerprint density at radius 2 is 1.73 bits per heavy atom. The third-order valence-corrected chi connectivity index (χ3v) is 8.96. The van der Waals surface area contributed by atoms with Crippen molar-refractivity contribution in [3.05, 3.63) is 76.1 Å². The largest absolute Gasteiger partial charge is 0.511 e. The first-order chi connectivity index (χ1) is 19.2. The van der Waals surface area contributed by atoms with Gasteiger partial charge in [-0.3, -0.25) is 19.3 Å².